The monoisotopic (exact) mass is 313 g/mol. The zero-order chi connectivity index (χ0) is 13.1. The summed E-state index contributed by atoms with van der Waals surface area (Å²) in [5, 5.41) is 0. The molecule has 0 aromatic heterocycles. The largest absolute Gasteiger partial charge is 0.497 e. The standard InChI is InChI=1S/C13H16BrNO3/c1-9-8-18-6-5-15(9)13(16)11-7-10(17-2)3-4-12(11)14/h3-4,7,9H,5-6,8H2,1-2H3/t9-/m1/s1. The van der Waals surface area contributed by atoms with Crippen molar-refractivity contribution in [3.63, 3.8) is 0 Å². The molecule has 0 radical (unpaired) electrons. The van der Waals surface area contributed by atoms with E-state index in [0.717, 1.165) is 4.47 Å². The topological polar surface area (TPSA) is 38.8 Å². The number of hydrogen-bond donors (Lipinski definition) is 0. The van der Waals surface area contributed by atoms with Crippen molar-refractivity contribution in [3.8, 4) is 5.75 Å². The Kier molecular flexibility index (Phi) is 4.24. The summed E-state index contributed by atoms with van der Waals surface area (Å²) >= 11 is 3.41. The van der Waals surface area contributed by atoms with E-state index in [1.54, 1.807) is 13.2 Å². The van der Waals surface area contributed by atoms with Crippen LogP contribution in [-0.2, 0) is 4.74 Å². The predicted octanol–water partition coefficient (Wildman–Crippen LogP) is 2.32. The minimum Gasteiger partial charge on any atom is -0.497 e. The number of halogens is 1. The maximum Gasteiger partial charge on any atom is 0.255 e. The number of carbonyl (C=O) groups is 1. The van der Waals surface area contributed by atoms with Gasteiger partial charge in [0.1, 0.15) is 5.75 Å². The molecule has 0 aliphatic carbocycles. The number of ether oxygens (including phenoxy) is 2. The molecule has 1 atom stereocenters. The molecule has 98 valence electrons. The van der Waals surface area contributed by atoms with Crippen molar-refractivity contribution in [2.45, 2.75) is 13.0 Å². The van der Waals surface area contributed by atoms with Crippen LogP contribution in [0, 0.1) is 0 Å². The van der Waals surface area contributed by atoms with Gasteiger partial charge < -0.3 is 14.4 Å². The van der Waals surface area contributed by atoms with Gasteiger partial charge in [0.25, 0.3) is 5.91 Å². The van der Waals surface area contributed by atoms with Gasteiger partial charge in [-0.1, -0.05) is 0 Å². The number of methoxy groups -OCH3 is 1. The molecule has 1 fully saturated rings. The number of morpholine rings is 1. The number of amides is 1. The molecule has 0 bridgehead atoms. The van der Waals surface area contributed by atoms with Gasteiger partial charge in [0.05, 0.1) is 31.9 Å². The third-order valence-electron chi connectivity index (χ3n) is 3.03. The van der Waals surface area contributed by atoms with Crippen molar-refractivity contribution < 1.29 is 14.3 Å². The predicted molar refractivity (Wildman–Crippen MR) is 72.0 cm³/mol. The van der Waals surface area contributed by atoms with Crippen LogP contribution in [0.25, 0.3) is 0 Å². The third kappa shape index (κ3) is 2.67. The molecule has 0 unspecified atom stereocenters. The zero-order valence-electron chi connectivity index (χ0n) is 10.5. The third-order valence-corrected chi connectivity index (χ3v) is 3.72. The van der Waals surface area contributed by atoms with Gasteiger partial charge in [-0.15, -0.1) is 0 Å². The molecule has 2 rings (SSSR count). The van der Waals surface area contributed by atoms with E-state index in [2.05, 4.69) is 15.9 Å². The van der Waals surface area contributed by atoms with Crippen LogP contribution in [0.15, 0.2) is 22.7 Å². The van der Waals surface area contributed by atoms with Crippen LogP contribution in [0.5, 0.6) is 5.75 Å². The molecule has 1 aliphatic rings. The molecular formula is C13H16BrNO3. The summed E-state index contributed by atoms with van der Waals surface area (Å²) in [4.78, 5) is 14.3. The van der Waals surface area contributed by atoms with Crippen molar-refractivity contribution in [1.29, 1.82) is 0 Å². The molecule has 0 saturated carbocycles. The quantitative estimate of drug-likeness (QED) is 0.841. The van der Waals surface area contributed by atoms with Crippen molar-refractivity contribution >= 4 is 21.8 Å². The van der Waals surface area contributed by atoms with Crippen LogP contribution in [-0.4, -0.2) is 43.7 Å². The maximum atomic E-state index is 12.5. The van der Waals surface area contributed by atoms with Gasteiger partial charge in [-0.25, -0.2) is 0 Å². The van der Waals surface area contributed by atoms with Gasteiger partial charge in [0.15, 0.2) is 0 Å². The summed E-state index contributed by atoms with van der Waals surface area (Å²) in [5.41, 5.74) is 0.628. The Hall–Kier alpha value is -1.07. The maximum absolute atomic E-state index is 12.5. The number of rotatable bonds is 2. The number of nitrogens with zero attached hydrogens (tertiary/aromatic N) is 1. The average Bonchev–Trinajstić information content (AvgIpc) is 2.39. The van der Waals surface area contributed by atoms with Gasteiger partial charge in [-0.05, 0) is 41.1 Å². The Labute approximate surface area is 115 Å². The highest BCUT2D eigenvalue weighted by Gasteiger charge is 2.26. The SMILES string of the molecule is COc1ccc(Br)c(C(=O)N2CCOC[C@H]2C)c1. The highest BCUT2D eigenvalue weighted by Crippen LogP contribution is 2.25. The Morgan fingerprint density at radius 2 is 2.33 bits per heavy atom. The second kappa shape index (κ2) is 5.71. The summed E-state index contributed by atoms with van der Waals surface area (Å²) in [6.07, 6.45) is 0. The summed E-state index contributed by atoms with van der Waals surface area (Å²) in [5.74, 6) is 0.694. The van der Waals surface area contributed by atoms with Gasteiger partial charge in [0, 0.05) is 11.0 Å². The fourth-order valence-corrected chi connectivity index (χ4v) is 2.40. The van der Waals surface area contributed by atoms with Crippen molar-refractivity contribution in [2.75, 3.05) is 26.9 Å². The molecule has 4 nitrogen and oxygen atoms in total. The summed E-state index contributed by atoms with van der Waals surface area (Å²) in [6, 6.07) is 5.51. The smallest absolute Gasteiger partial charge is 0.255 e. The molecule has 18 heavy (non-hydrogen) atoms. The van der Waals surface area contributed by atoms with Gasteiger partial charge in [-0.3, -0.25) is 4.79 Å². The second-order valence-electron chi connectivity index (χ2n) is 4.27. The zero-order valence-corrected chi connectivity index (χ0v) is 12.1. The molecule has 1 aliphatic heterocycles. The van der Waals surface area contributed by atoms with Crippen LogP contribution in [0.4, 0.5) is 0 Å². The lowest BCUT2D eigenvalue weighted by Crippen LogP contribution is -2.47. The fraction of sp³-hybridized carbons (Fsp3) is 0.462. The lowest BCUT2D eigenvalue weighted by molar-refractivity contribution is 0.00353. The van der Waals surface area contributed by atoms with Crippen molar-refractivity contribution in [1.82, 2.24) is 4.90 Å². The number of benzene rings is 1. The number of hydrogen-bond acceptors (Lipinski definition) is 3. The molecule has 0 N–H and O–H groups in total. The Morgan fingerprint density at radius 3 is 3.00 bits per heavy atom. The summed E-state index contributed by atoms with van der Waals surface area (Å²) in [7, 11) is 1.59. The lowest BCUT2D eigenvalue weighted by atomic mass is 10.1. The minimum atomic E-state index is 0.0107. The molecule has 1 saturated heterocycles. The van der Waals surface area contributed by atoms with Gasteiger partial charge in [-0.2, -0.15) is 0 Å². The molecule has 1 aromatic carbocycles. The van der Waals surface area contributed by atoms with Crippen LogP contribution in [0.1, 0.15) is 17.3 Å². The van der Waals surface area contributed by atoms with E-state index < -0.39 is 0 Å². The average molecular weight is 314 g/mol. The van der Waals surface area contributed by atoms with Crippen molar-refractivity contribution in [2.24, 2.45) is 0 Å². The van der Waals surface area contributed by atoms with Crippen LogP contribution in [0.3, 0.4) is 0 Å². The van der Waals surface area contributed by atoms with Crippen molar-refractivity contribution in [3.05, 3.63) is 28.2 Å². The van der Waals surface area contributed by atoms with E-state index in [9.17, 15) is 4.79 Å². The molecule has 1 amide bonds. The first-order valence-electron chi connectivity index (χ1n) is 5.85. The minimum absolute atomic E-state index is 0.0107. The summed E-state index contributed by atoms with van der Waals surface area (Å²) < 4.78 is 11.3. The molecule has 0 spiro atoms. The van der Waals surface area contributed by atoms with E-state index in [1.165, 1.54) is 0 Å². The molecular weight excluding hydrogens is 298 g/mol. The molecule has 5 heteroatoms. The first-order chi connectivity index (χ1) is 8.63. The fourth-order valence-electron chi connectivity index (χ4n) is 1.98. The van der Waals surface area contributed by atoms with Gasteiger partial charge in [0.2, 0.25) is 0 Å². The van der Waals surface area contributed by atoms with Crippen LogP contribution < -0.4 is 4.74 Å². The van der Waals surface area contributed by atoms with Crippen LogP contribution in [0.2, 0.25) is 0 Å². The van der Waals surface area contributed by atoms with E-state index >= 15 is 0 Å². The van der Waals surface area contributed by atoms with E-state index in [4.69, 9.17) is 9.47 Å². The van der Waals surface area contributed by atoms with Gasteiger partial charge >= 0.3 is 0 Å². The van der Waals surface area contributed by atoms with E-state index in [-0.39, 0.29) is 11.9 Å². The van der Waals surface area contributed by atoms with E-state index in [1.807, 2.05) is 24.0 Å². The molecule has 1 aromatic rings. The Morgan fingerprint density at radius 1 is 1.56 bits per heavy atom. The second-order valence-corrected chi connectivity index (χ2v) is 5.12. The Balaban J connectivity index is 2.27. The molecule has 1 heterocycles. The first-order valence-corrected chi connectivity index (χ1v) is 6.65. The lowest BCUT2D eigenvalue weighted by Gasteiger charge is -2.33. The van der Waals surface area contributed by atoms with Crippen LogP contribution >= 0.6 is 15.9 Å². The number of carbonyl (C=O) groups excluding carboxylic acids is 1. The Bertz CT molecular complexity index is 450. The summed E-state index contributed by atoms with van der Waals surface area (Å²) in [6.45, 7) is 3.81. The highest BCUT2D eigenvalue weighted by atomic mass is 79.9. The normalized spacial score (nSPS) is 19.7. The highest BCUT2D eigenvalue weighted by molar-refractivity contribution is 9.10. The first kappa shape index (κ1) is 13.4. The van der Waals surface area contributed by atoms with E-state index in [0.29, 0.717) is 31.1 Å².